The van der Waals surface area contributed by atoms with E-state index in [0.29, 0.717) is 5.69 Å². The smallest absolute Gasteiger partial charge is 0.304 e. The Bertz CT molecular complexity index is 798. The van der Waals surface area contributed by atoms with Crippen LogP contribution in [-0.4, -0.2) is 13.4 Å². The maximum Gasteiger partial charge on any atom is 0.304 e. The van der Waals surface area contributed by atoms with Crippen LogP contribution in [-0.2, 0) is 16.6 Å². The van der Waals surface area contributed by atoms with Gasteiger partial charge in [0.2, 0.25) is 10.0 Å². The molecule has 0 radical (unpaired) electrons. The molecule has 2 rings (SSSR count). The lowest BCUT2D eigenvalue weighted by atomic mass is 10.3. The quantitative estimate of drug-likeness (QED) is 0.724. The van der Waals surface area contributed by atoms with Gasteiger partial charge >= 0.3 is 4.87 Å². The predicted molar refractivity (Wildman–Crippen MR) is 69.7 cm³/mol. The van der Waals surface area contributed by atoms with Crippen molar-refractivity contribution in [2.45, 2.75) is 11.4 Å². The van der Waals surface area contributed by atoms with E-state index in [1.807, 2.05) is 0 Å². The van der Waals surface area contributed by atoms with Crippen LogP contribution < -0.4 is 15.3 Å². The third-order valence-corrected chi connectivity index (χ3v) is 4.54. The maximum absolute atomic E-state index is 13.6. The maximum atomic E-state index is 13.6. The van der Waals surface area contributed by atoms with E-state index in [-0.39, 0.29) is 11.4 Å². The number of nitrogen functional groups attached to an aromatic ring is 1. The third kappa shape index (κ3) is 2.86. The fourth-order valence-corrected chi connectivity index (χ4v) is 3.08. The molecule has 10 heteroatoms. The fourth-order valence-electron chi connectivity index (χ4n) is 1.41. The van der Waals surface area contributed by atoms with Crippen LogP contribution in [0, 0.1) is 11.6 Å². The molecule has 4 N–H and O–H groups in total. The summed E-state index contributed by atoms with van der Waals surface area (Å²) in [6.45, 7) is -0.224. The van der Waals surface area contributed by atoms with Gasteiger partial charge in [-0.25, -0.2) is 21.9 Å². The molecule has 0 aliphatic carbocycles. The van der Waals surface area contributed by atoms with E-state index < -0.39 is 32.2 Å². The molecule has 0 saturated heterocycles. The number of aromatic nitrogens is 1. The molecule has 0 fully saturated rings. The lowest BCUT2D eigenvalue weighted by Gasteiger charge is -2.08. The Morgan fingerprint density at radius 3 is 2.65 bits per heavy atom. The standard InChI is InChI=1S/C10H9F2N3O3S2/c11-6-1-2-7(8(12)9(6)13)20(17,18)14-3-5-4-19-10(16)15-5/h1-2,4,14H,3,13H2,(H,15,16). The van der Waals surface area contributed by atoms with Crippen molar-refractivity contribution >= 4 is 27.0 Å². The van der Waals surface area contributed by atoms with Gasteiger partial charge in [0.25, 0.3) is 0 Å². The highest BCUT2D eigenvalue weighted by Crippen LogP contribution is 2.22. The van der Waals surface area contributed by atoms with E-state index in [2.05, 4.69) is 9.71 Å². The van der Waals surface area contributed by atoms with Crippen LogP contribution in [0.15, 0.2) is 27.2 Å². The van der Waals surface area contributed by atoms with Gasteiger partial charge in [-0.2, -0.15) is 0 Å². The Balaban J connectivity index is 2.27. The van der Waals surface area contributed by atoms with Crippen molar-refractivity contribution in [2.75, 3.05) is 5.73 Å². The van der Waals surface area contributed by atoms with Crippen LogP contribution >= 0.6 is 11.3 Å². The van der Waals surface area contributed by atoms with E-state index in [4.69, 9.17) is 5.73 Å². The molecule has 0 aliphatic rings. The van der Waals surface area contributed by atoms with Gasteiger partial charge in [-0.1, -0.05) is 11.3 Å². The molecule has 1 aromatic heterocycles. The summed E-state index contributed by atoms with van der Waals surface area (Å²) in [5, 5.41) is 1.43. The van der Waals surface area contributed by atoms with Gasteiger partial charge in [0, 0.05) is 11.1 Å². The number of nitrogens with two attached hydrogens (primary N) is 1. The highest BCUT2D eigenvalue weighted by atomic mass is 32.2. The average Bonchev–Trinajstić information content (AvgIpc) is 2.79. The second-order valence-corrected chi connectivity index (χ2v) is 6.35. The molecule has 108 valence electrons. The number of hydrogen-bond acceptors (Lipinski definition) is 5. The molecule has 0 amide bonds. The molecular weight excluding hydrogens is 312 g/mol. The predicted octanol–water partition coefficient (Wildman–Crippen LogP) is 0.775. The van der Waals surface area contributed by atoms with Gasteiger partial charge in [-0.15, -0.1) is 0 Å². The number of H-pyrrole nitrogens is 1. The summed E-state index contributed by atoms with van der Waals surface area (Å²) in [6, 6.07) is 1.54. The lowest BCUT2D eigenvalue weighted by Crippen LogP contribution is -2.25. The normalized spacial score (nSPS) is 11.7. The van der Waals surface area contributed by atoms with Crippen molar-refractivity contribution in [1.82, 2.24) is 9.71 Å². The monoisotopic (exact) mass is 321 g/mol. The van der Waals surface area contributed by atoms with Crippen LogP contribution in [0.4, 0.5) is 14.5 Å². The first-order valence-corrected chi connectivity index (χ1v) is 7.57. The number of nitrogens with one attached hydrogen (secondary N) is 2. The molecule has 1 aromatic carbocycles. The van der Waals surface area contributed by atoms with Gasteiger partial charge in [0.05, 0.1) is 6.54 Å². The number of benzene rings is 1. The lowest BCUT2D eigenvalue weighted by molar-refractivity contribution is 0.547. The summed E-state index contributed by atoms with van der Waals surface area (Å²) in [4.78, 5) is 12.2. The molecule has 6 nitrogen and oxygen atoms in total. The van der Waals surface area contributed by atoms with E-state index >= 15 is 0 Å². The van der Waals surface area contributed by atoms with Crippen molar-refractivity contribution < 1.29 is 17.2 Å². The van der Waals surface area contributed by atoms with Gasteiger partial charge in [-0.3, -0.25) is 4.79 Å². The van der Waals surface area contributed by atoms with Crippen LogP contribution in [0.2, 0.25) is 0 Å². The number of aromatic amines is 1. The fraction of sp³-hybridized carbons (Fsp3) is 0.100. The Morgan fingerprint density at radius 2 is 2.05 bits per heavy atom. The first kappa shape index (κ1) is 14.6. The number of hydrogen-bond donors (Lipinski definition) is 3. The first-order chi connectivity index (χ1) is 9.31. The zero-order chi connectivity index (χ0) is 14.9. The molecule has 0 bridgehead atoms. The Kier molecular flexibility index (Phi) is 3.88. The van der Waals surface area contributed by atoms with E-state index in [9.17, 15) is 22.0 Å². The molecule has 0 saturated carbocycles. The summed E-state index contributed by atoms with van der Waals surface area (Å²) in [6.07, 6.45) is 0. The van der Waals surface area contributed by atoms with Crippen molar-refractivity contribution in [3.63, 3.8) is 0 Å². The van der Waals surface area contributed by atoms with E-state index in [1.54, 1.807) is 0 Å². The van der Waals surface area contributed by atoms with Gasteiger partial charge in [0.15, 0.2) is 5.82 Å². The molecule has 2 aromatic rings. The van der Waals surface area contributed by atoms with Crippen LogP contribution in [0.5, 0.6) is 0 Å². The number of halogens is 2. The van der Waals surface area contributed by atoms with Gasteiger partial charge < -0.3 is 10.7 Å². The topological polar surface area (TPSA) is 105 Å². The molecule has 0 atom stereocenters. The van der Waals surface area contributed by atoms with Crippen LogP contribution in [0.25, 0.3) is 0 Å². The summed E-state index contributed by atoms with van der Waals surface area (Å²) in [7, 11) is -4.21. The minimum atomic E-state index is -4.21. The SMILES string of the molecule is Nc1c(F)ccc(S(=O)(=O)NCc2csc(=O)[nH]2)c1F. The Hall–Kier alpha value is -1.78. The molecule has 0 unspecified atom stereocenters. The number of rotatable bonds is 4. The van der Waals surface area contributed by atoms with Crippen molar-refractivity contribution in [2.24, 2.45) is 0 Å². The third-order valence-electron chi connectivity index (χ3n) is 2.40. The van der Waals surface area contributed by atoms with Crippen LogP contribution in [0.1, 0.15) is 5.69 Å². The zero-order valence-electron chi connectivity index (χ0n) is 9.81. The number of anilines is 1. The summed E-state index contributed by atoms with van der Waals surface area (Å²) >= 11 is 0.869. The molecule has 0 aliphatic heterocycles. The molecule has 20 heavy (non-hydrogen) atoms. The largest absolute Gasteiger partial charge is 0.394 e. The van der Waals surface area contributed by atoms with Crippen LogP contribution in [0.3, 0.4) is 0 Å². The average molecular weight is 321 g/mol. The minimum absolute atomic E-state index is 0.224. The molecule has 0 spiro atoms. The molecule has 1 heterocycles. The van der Waals surface area contributed by atoms with E-state index in [1.165, 1.54) is 5.38 Å². The second kappa shape index (κ2) is 5.31. The number of sulfonamides is 1. The van der Waals surface area contributed by atoms with Gasteiger partial charge in [-0.05, 0) is 12.1 Å². The highest BCUT2D eigenvalue weighted by Gasteiger charge is 2.22. The minimum Gasteiger partial charge on any atom is -0.394 e. The zero-order valence-corrected chi connectivity index (χ0v) is 11.4. The number of thiazole rings is 1. The Morgan fingerprint density at radius 1 is 1.35 bits per heavy atom. The summed E-state index contributed by atoms with van der Waals surface area (Å²) in [5.41, 5.74) is 4.57. The van der Waals surface area contributed by atoms with Gasteiger partial charge in [0.1, 0.15) is 16.4 Å². The second-order valence-electron chi connectivity index (χ2n) is 3.77. The Labute approximate surface area is 116 Å². The van der Waals surface area contributed by atoms with Crippen molar-refractivity contribution in [1.29, 1.82) is 0 Å². The molecular formula is C10H9F2N3O3S2. The summed E-state index contributed by atoms with van der Waals surface area (Å²) < 4.78 is 52.5. The van der Waals surface area contributed by atoms with Crippen molar-refractivity contribution in [3.8, 4) is 0 Å². The first-order valence-electron chi connectivity index (χ1n) is 5.21. The van der Waals surface area contributed by atoms with Crippen molar-refractivity contribution in [3.05, 3.63) is 44.5 Å². The van der Waals surface area contributed by atoms with E-state index in [0.717, 1.165) is 23.5 Å². The highest BCUT2D eigenvalue weighted by molar-refractivity contribution is 7.89. The summed E-state index contributed by atoms with van der Waals surface area (Å²) in [5.74, 6) is -2.39.